The van der Waals surface area contributed by atoms with E-state index in [1.807, 2.05) is 66.7 Å². The molecule has 0 radical (unpaired) electrons. The van der Waals surface area contributed by atoms with Gasteiger partial charge < -0.3 is 5.32 Å². The molecule has 0 bridgehead atoms. The number of para-hydroxylation sites is 1. The first kappa shape index (κ1) is 23.4. The lowest BCUT2D eigenvalue weighted by atomic mass is 10.1. The van der Waals surface area contributed by atoms with Crippen LogP contribution in [0.5, 0.6) is 0 Å². The molecular weight excluding hydrogens is 549 g/mol. The molecule has 5 rings (SSSR count). The minimum atomic E-state index is -0.313. The smallest absolute Gasteiger partial charge is 0.260 e. The molecule has 0 aliphatic rings. The first-order valence-electron chi connectivity index (χ1n) is 10.7. The summed E-state index contributed by atoms with van der Waals surface area (Å²) in [5.74, 6) is 0.0908. The number of anilines is 1. The van der Waals surface area contributed by atoms with Crippen LogP contribution >= 0.6 is 39.1 Å². The largest absolute Gasteiger partial charge is 0.304 e. The van der Waals surface area contributed by atoms with Gasteiger partial charge >= 0.3 is 0 Å². The van der Waals surface area contributed by atoms with Gasteiger partial charge in [-0.2, -0.15) is 10.2 Å². The van der Waals surface area contributed by atoms with Crippen molar-refractivity contribution in [2.75, 3.05) is 5.32 Å². The third-order valence-corrected chi connectivity index (χ3v) is 6.62. The fourth-order valence-corrected chi connectivity index (χ4v) is 4.36. The van der Waals surface area contributed by atoms with Crippen molar-refractivity contribution >= 4 is 50.9 Å². The van der Waals surface area contributed by atoms with E-state index < -0.39 is 0 Å². The topological polar surface area (TPSA) is 64.7 Å². The highest BCUT2D eigenvalue weighted by atomic mass is 79.9. The zero-order chi connectivity index (χ0) is 24.4. The Balaban J connectivity index is 1.43. The number of carbonyl (C=O) groups excluding carboxylic acids is 1. The Morgan fingerprint density at radius 1 is 0.886 bits per heavy atom. The highest BCUT2D eigenvalue weighted by Crippen LogP contribution is 2.27. The number of halogens is 3. The predicted octanol–water partition coefficient (Wildman–Crippen LogP) is 7.11. The van der Waals surface area contributed by atoms with Crippen molar-refractivity contribution in [3.63, 3.8) is 0 Å². The molecule has 0 saturated carbocycles. The Morgan fingerprint density at radius 3 is 2.31 bits per heavy atom. The average Bonchev–Trinajstić information content (AvgIpc) is 3.46. The van der Waals surface area contributed by atoms with Crippen molar-refractivity contribution < 1.29 is 4.79 Å². The first-order chi connectivity index (χ1) is 17.0. The molecule has 0 fully saturated rings. The number of hydrogen-bond donors (Lipinski definition) is 1. The Hall–Kier alpha value is -3.39. The van der Waals surface area contributed by atoms with E-state index in [9.17, 15) is 4.79 Å². The molecule has 0 aliphatic carbocycles. The molecule has 1 amide bonds. The third-order valence-electron chi connectivity index (χ3n) is 5.30. The zero-order valence-electron chi connectivity index (χ0n) is 18.2. The molecule has 0 unspecified atom stereocenters. The van der Waals surface area contributed by atoms with E-state index in [1.165, 1.54) is 0 Å². The average molecular weight is 567 g/mol. The summed E-state index contributed by atoms with van der Waals surface area (Å²) in [4.78, 5) is 13.4. The summed E-state index contributed by atoms with van der Waals surface area (Å²) in [6, 6.07) is 24.7. The lowest BCUT2D eigenvalue weighted by Gasteiger charge is -2.05. The van der Waals surface area contributed by atoms with Gasteiger partial charge in [-0.3, -0.25) is 9.48 Å². The van der Waals surface area contributed by atoms with E-state index in [0.717, 1.165) is 16.8 Å². The van der Waals surface area contributed by atoms with Crippen LogP contribution in [0.2, 0.25) is 10.0 Å². The van der Waals surface area contributed by atoms with Gasteiger partial charge in [0.2, 0.25) is 0 Å². The van der Waals surface area contributed by atoms with Gasteiger partial charge in [0.25, 0.3) is 5.91 Å². The number of rotatable bonds is 6. The van der Waals surface area contributed by atoms with Gasteiger partial charge in [0.05, 0.1) is 32.3 Å². The van der Waals surface area contributed by atoms with Crippen LogP contribution in [0.25, 0.3) is 16.9 Å². The van der Waals surface area contributed by atoms with E-state index in [0.29, 0.717) is 38.1 Å². The van der Waals surface area contributed by atoms with Gasteiger partial charge in [-0.25, -0.2) is 4.68 Å². The normalized spacial score (nSPS) is 10.9. The number of nitrogens with zero attached hydrogens (tertiary/aromatic N) is 4. The maximum absolute atomic E-state index is 13.4. The Morgan fingerprint density at radius 2 is 1.60 bits per heavy atom. The highest BCUT2D eigenvalue weighted by Gasteiger charge is 2.20. The Bertz CT molecular complexity index is 1500. The van der Waals surface area contributed by atoms with Crippen LogP contribution in [0, 0.1) is 0 Å². The monoisotopic (exact) mass is 565 g/mol. The molecule has 0 spiro atoms. The van der Waals surface area contributed by atoms with Crippen molar-refractivity contribution in [3.05, 3.63) is 117 Å². The summed E-state index contributed by atoms with van der Waals surface area (Å²) < 4.78 is 4.07. The maximum Gasteiger partial charge on any atom is 0.260 e. The van der Waals surface area contributed by atoms with Crippen LogP contribution < -0.4 is 5.32 Å². The lowest BCUT2D eigenvalue weighted by Crippen LogP contribution is -2.13. The number of aromatic nitrogens is 4. The van der Waals surface area contributed by atoms with Gasteiger partial charge in [0.15, 0.2) is 5.82 Å². The Labute approximate surface area is 220 Å². The molecule has 9 heteroatoms. The molecule has 6 nitrogen and oxygen atoms in total. The van der Waals surface area contributed by atoms with E-state index in [-0.39, 0.29) is 5.91 Å². The quantitative estimate of drug-likeness (QED) is 0.238. The van der Waals surface area contributed by atoms with E-state index in [2.05, 4.69) is 26.3 Å². The van der Waals surface area contributed by atoms with Gasteiger partial charge in [0, 0.05) is 18.0 Å². The number of benzene rings is 3. The second kappa shape index (κ2) is 10.1. The van der Waals surface area contributed by atoms with Gasteiger partial charge in [-0.05, 0) is 45.8 Å². The van der Waals surface area contributed by atoms with Crippen molar-refractivity contribution in [1.29, 1.82) is 0 Å². The lowest BCUT2D eigenvalue weighted by molar-refractivity contribution is 0.102. The fourth-order valence-electron chi connectivity index (χ4n) is 3.63. The number of nitrogens with one attached hydrogen (secondary N) is 1. The predicted molar refractivity (Wildman–Crippen MR) is 142 cm³/mol. The standard InChI is InChI=1S/C26H18BrCl2N5O/c27-21-16-33(14-17-11-12-22(28)23(29)13-17)32-25(21)30-26(35)20-15-34(19-9-5-2-6-10-19)31-24(20)18-7-3-1-4-8-18/h1-13,15-16H,14H2,(H,30,32,35). The second-order valence-electron chi connectivity index (χ2n) is 7.76. The van der Waals surface area contributed by atoms with Crippen molar-refractivity contribution in [1.82, 2.24) is 19.6 Å². The van der Waals surface area contributed by atoms with E-state index >= 15 is 0 Å². The van der Waals surface area contributed by atoms with Crippen molar-refractivity contribution in [2.24, 2.45) is 0 Å². The highest BCUT2D eigenvalue weighted by molar-refractivity contribution is 9.10. The minimum Gasteiger partial charge on any atom is -0.304 e. The molecule has 1 N–H and O–H groups in total. The SMILES string of the molecule is O=C(Nc1nn(Cc2ccc(Cl)c(Cl)c2)cc1Br)c1cn(-c2ccccc2)nc1-c1ccccc1. The Kier molecular flexibility index (Phi) is 6.72. The van der Waals surface area contributed by atoms with Crippen LogP contribution in [0.3, 0.4) is 0 Å². The maximum atomic E-state index is 13.4. The van der Waals surface area contributed by atoms with Crippen LogP contribution in [0.15, 0.2) is 95.7 Å². The number of hydrogen-bond acceptors (Lipinski definition) is 3. The summed E-state index contributed by atoms with van der Waals surface area (Å²) in [5, 5.41) is 13.1. The van der Waals surface area contributed by atoms with Gasteiger partial charge in [-0.15, -0.1) is 0 Å². The molecule has 174 valence electrons. The summed E-state index contributed by atoms with van der Waals surface area (Å²) in [6.07, 6.45) is 3.53. The third kappa shape index (κ3) is 5.17. The zero-order valence-corrected chi connectivity index (χ0v) is 21.3. The van der Waals surface area contributed by atoms with E-state index in [1.54, 1.807) is 33.9 Å². The number of carbonyl (C=O) groups is 1. The molecule has 5 aromatic rings. The minimum absolute atomic E-state index is 0.313. The van der Waals surface area contributed by atoms with Crippen LogP contribution in [0.4, 0.5) is 5.82 Å². The summed E-state index contributed by atoms with van der Waals surface area (Å²) >= 11 is 15.6. The molecular formula is C26H18BrCl2N5O. The molecule has 3 aromatic carbocycles. The molecule has 0 saturated heterocycles. The molecule has 35 heavy (non-hydrogen) atoms. The molecule has 0 atom stereocenters. The van der Waals surface area contributed by atoms with Crippen LogP contribution in [-0.4, -0.2) is 25.5 Å². The number of amides is 1. The molecule has 2 aromatic heterocycles. The molecule has 2 heterocycles. The summed E-state index contributed by atoms with van der Waals surface area (Å²) in [5.41, 5.74) is 3.65. The van der Waals surface area contributed by atoms with Gasteiger partial charge in [-0.1, -0.05) is 77.8 Å². The van der Waals surface area contributed by atoms with Crippen LogP contribution in [-0.2, 0) is 6.54 Å². The van der Waals surface area contributed by atoms with Gasteiger partial charge in [0.1, 0.15) is 5.69 Å². The van der Waals surface area contributed by atoms with Crippen molar-refractivity contribution in [2.45, 2.75) is 6.54 Å². The van der Waals surface area contributed by atoms with Crippen LogP contribution in [0.1, 0.15) is 15.9 Å². The molecule has 0 aliphatic heterocycles. The summed E-state index contributed by atoms with van der Waals surface area (Å²) in [6.45, 7) is 0.465. The first-order valence-corrected chi connectivity index (χ1v) is 12.2. The summed E-state index contributed by atoms with van der Waals surface area (Å²) in [7, 11) is 0. The van der Waals surface area contributed by atoms with Crippen molar-refractivity contribution in [3.8, 4) is 16.9 Å². The van der Waals surface area contributed by atoms with E-state index in [4.69, 9.17) is 28.3 Å². The second-order valence-corrected chi connectivity index (χ2v) is 9.43. The fraction of sp³-hybridized carbons (Fsp3) is 0.0385.